The molecule has 0 aliphatic carbocycles. The summed E-state index contributed by atoms with van der Waals surface area (Å²) in [5, 5.41) is 9.95. The van der Waals surface area contributed by atoms with Crippen LogP contribution in [0.15, 0.2) is 24.3 Å². The van der Waals surface area contributed by atoms with Crippen LogP contribution >= 0.6 is 0 Å². The van der Waals surface area contributed by atoms with Crippen molar-refractivity contribution in [3.63, 3.8) is 0 Å². The van der Waals surface area contributed by atoms with Crippen molar-refractivity contribution >= 4 is 35.9 Å². The maximum Gasteiger partial charge on any atom is 0.514 e. The summed E-state index contributed by atoms with van der Waals surface area (Å²) in [6.45, 7) is 14.5. The maximum absolute atomic E-state index is 13.2. The SMILES string of the molecule is COC(=O)[C@@H](NC(=O)CNC(=O)[C@H](C)NC(=O)C(Cc1ccc(OC(=O)OC(C)(C)C)cc1)NC(=O)OC(C)(C)C)C(C)C. The van der Waals surface area contributed by atoms with E-state index in [4.69, 9.17) is 14.2 Å². The van der Waals surface area contributed by atoms with E-state index in [9.17, 15) is 28.8 Å². The molecular formula is C30H46N4O10. The Hall–Kier alpha value is -4.36. The number of amides is 4. The van der Waals surface area contributed by atoms with Crippen molar-refractivity contribution in [3.8, 4) is 5.75 Å². The second kappa shape index (κ2) is 16.5. The summed E-state index contributed by atoms with van der Waals surface area (Å²) >= 11 is 0. The van der Waals surface area contributed by atoms with Crippen LogP contribution in [0.1, 0.15) is 67.9 Å². The Morgan fingerprint density at radius 2 is 1.34 bits per heavy atom. The Balaban J connectivity index is 2.91. The molecule has 3 atom stereocenters. The molecule has 4 N–H and O–H groups in total. The highest BCUT2D eigenvalue weighted by molar-refractivity contribution is 5.93. The summed E-state index contributed by atoms with van der Waals surface area (Å²) < 4.78 is 20.3. The molecule has 0 heterocycles. The van der Waals surface area contributed by atoms with Crippen molar-refractivity contribution in [2.24, 2.45) is 5.92 Å². The molecule has 0 spiro atoms. The van der Waals surface area contributed by atoms with E-state index in [2.05, 4.69) is 26.0 Å². The lowest BCUT2D eigenvalue weighted by Gasteiger charge is -2.24. The van der Waals surface area contributed by atoms with Gasteiger partial charge < -0.3 is 40.2 Å². The van der Waals surface area contributed by atoms with Gasteiger partial charge in [-0.25, -0.2) is 14.4 Å². The fraction of sp³-hybridized carbons (Fsp3) is 0.600. The van der Waals surface area contributed by atoms with Gasteiger partial charge in [-0.1, -0.05) is 26.0 Å². The standard InChI is InChI=1S/C30H46N4O10/c1-17(2)23(26(38)41-10)34-22(35)16-31-24(36)18(3)32-25(37)21(33-27(39)43-29(4,5)6)15-19-11-13-20(14-12-19)42-28(40)44-30(7,8)9/h11-14,17-18,21,23H,15-16H2,1-10H3,(H,31,36)(H,32,37)(H,33,39)(H,34,35)/t18-,21?,23-/m0/s1. The van der Waals surface area contributed by atoms with E-state index >= 15 is 0 Å². The van der Waals surface area contributed by atoms with Crippen molar-refractivity contribution < 1.29 is 47.7 Å². The third-order valence-electron chi connectivity index (χ3n) is 5.57. The van der Waals surface area contributed by atoms with Gasteiger partial charge in [-0.3, -0.25) is 14.4 Å². The van der Waals surface area contributed by atoms with E-state index in [-0.39, 0.29) is 18.1 Å². The fourth-order valence-electron chi connectivity index (χ4n) is 3.50. The molecule has 0 bridgehead atoms. The molecule has 0 aliphatic rings. The summed E-state index contributed by atoms with van der Waals surface area (Å²) in [5.41, 5.74) is -0.967. The maximum atomic E-state index is 13.2. The topological polar surface area (TPSA) is 187 Å². The van der Waals surface area contributed by atoms with Crippen LogP contribution in [0.4, 0.5) is 9.59 Å². The number of rotatable bonds is 12. The van der Waals surface area contributed by atoms with Crippen LogP contribution in [0.25, 0.3) is 0 Å². The Morgan fingerprint density at radius 1 is 0.773 bits per heavy atom. The molecule has 0 aromatic heterocycles. The van der Waals surface area contributed by atoms with Gasteiger partial charge in [0.25, 0.3) is 0 Å². The number of carbonyl (C=O) groups is 6. The molecule has 1 aromatic rings. The molecule has 246 valence electrons. The Labute approximate surface area is 258 Å². The molecule has 0 saturated carbocycles. The summed E-state index contributed by atoms with van der Waals surface area (Å²) in [6.07, 6.45) is -1.72. The van der Waals surface area contributed by atoms with Gasteiger partial charge in [0.15, 0.2) is 0 Å². The predicted octanol–water partition coefficient (Wildman–Crippen LogP) is 2.37. The number of hydrogen-bond donors (Lipinski definition) is 4. The summed E-state index contributed by atoms with van der Waals surface area (Å²) in [4.78, 5) is 74.5. The largest absolute Gasteiger partial charge is 0.514 e. The Morgan fingerprint density at radius 3 is 1.84 bits per heavy atom. The van der Waals surface area contributed by atoms with Crippen LogP contribution in [0.3, 0.4) is 0 Å². The first kappa shape index (κ1) is 37.7. The summed E-state index contributed by atoms with van der Waals surface area (Å²) in [6, 6.07) is 3.07. The highest BCUT2D eigenvalue weighted by atomic mass is 16.7. The normalized spacial score (nSPS) is 13.4. The minimum absolute atomic E-state index is 0.00133. The van der Waals surface area contributed by atoms with Crippen molar-refractivity contribution in [2.75, 3.05) is 13.7 Å². The molecule has 4 amide bonds. The van der Waals surface area contributed by atoms with Gasteiger partial charge in [0, 0.05) is 6.42 Å². The molecule has 0 fully saturated rings. The van der Waals surface area contributed by atoms with Crippen molar-refractivity contribution in [1.82, 2.24) is 21.3 Å². The third-order valence-corrected chi connectivity index (χ3v) is 5.57. The van der Waals surface area contributed by atoms with Crippen LogP contribution in [-0.4, -0.2) is 78.9 Å². The number of esters is 1. The van der Waals surface area contributed by atoms with E-state index in [0.717, 1.165) is 0 Å². The zero-order chi connectivity index (χ0) is 33.8. The molecule has 1 aromatic carbocycles. The van der Waals surface area contributed by atoms with E-state index in [0.29, 0.717) is 5.56 Å². The van der Waals surface area contributed by atoms with Crippen LogP contribution in [0.5, 0.6) is 5.75 Å². The van der Waals surface area contributed by atoms with E-state index in [1.807, 2.05) is 0 Å². The minimum atomic E-state index is -1.16. The first-order valence-electron chi connectivity index (χ1n) is 14.1. The van der Waals surface area contributed by atoms with E-state index in [1.54, 1.807) is 67.5 Å². The Bertz CT molecular complexity index is 1170. The van der Waals surface area contributed by atoms with Crippen LogP contribution in [0, 0.1) is 5.92 Å². The summed E-state index contributed by atoms with van der Waals surface area (Å²) in [5.74, 6) is -2.64. The highest BCUT2D eigenvalue weighted by Gasteiger charge is 2.28. The molecule has 14 heteroatoms. The number of benzene rings is 1. The average Bonchev–Trinajstić information content (AvgIpc) is 2.88. The minimum Gasteiger partial charge on any atom is -0.467 e. The summed E-state index contributed by atoms with van der Waals surface area (Å²) in [7, 11) is 1.21. The molecule has 14 nitrogen and oxygen atoms in total. The molecule has 0 radical (unpaired) electrons. The van der Waals surface area contributed by atoms with Crippen LogP contribution in [-0.2, 0) is 39.8 Å². The van der Waals surface area contributed by atoms with Crippen molar-refractivity contribution in [2.45, 2.75) is 98.1 Å². The van der Waals surface area contributed by atoms with Crippen LogP contribution < -0.4 is 26.0 Å². The van der Waals surface area contributed by atoms with Gasteiger partial charge >= 0.3 is 18.2 Å². The number of hydrogen-bond acceptors (Lipinski definition) is 10. The van der Waals surface area contributed by atoms with Gasteiger partial charge in [0.05, 0.1) is 13.7 Å². The lowest BCUT2D eigenvalue weighted by molar-refractivity contribution is -0.146. The predicted molar refractivity (Wildman–Crippen MR) is 160 cm³/mol. The van der Waals surface area contributed by atoms with Gasteiger partial charge in [-0.15, -0.1) is 0 Å². The fourth-order valence-corrected chi connectivity index (χ4v) is 3.50. The highest BCUT2D eigenvalue weighted by Crippen LogP contribution is 2.17. The molecule has 0 saturated heterocycles. The quantitative estimate of drug-likeness (QED) is 0.153. The molecular weight excluding hydrogens is 576 g/mol. The molecule has 1 rings (SSSR count). The van der Waals surface area contributed by atoms with E-state index < -0.39 is 71.8 Å². The smallest absolute Gasteiger partial charge is 0.467 e. The second-order valence-electron chi connectivity index (χ2n) is 12.4. The zero-order valence-corrected chi connectivity index (χ0v) is 27.1. The average molecular weight is 623 g/mol. The number of methoxy groups -OCH3 is 1. The lowest BCUT2D eigenvalue weighted by Crippen LogP contribution is -2.55. The van der Waals surface area contributed by atoms with Gasteiger partial charge in [0.1, 0.15) is 35.1 Å². The number of carbonyl (C=O) groups excluding carboxylic acids is 6. The second-order valence-corrected chi connectivity index (χ2v) is 12.4. The number of alkyl carbamates (subject to hydrolysis) is 1. The van der Waals surface area contributed by atoms with Gasteiger partial charge in [-0.2, -0.15) is 0 Å². The molecule has 44 heavy (non-hydrogen) atoms. The zero-order valence-electron chi connectivity index (χ0n) is 27.1. The first-order valence-corrected chi connectivity index (χ1v) is 14.1. The first-order chi connectivity index (χ1) is 20.2. The van der Waals surface area contributed by atoms with Crippen molar-refractivity contribution in [3.05, 3.63) is 29.8 Å². The third kappa shape index (κ3) is 14.7. The number of ether oxygens (including phenoxy) is 4. The number of nitrogens with one attached hydrogen (secondary N) is 4. The van der Waals surface area contributed by atoms with Crippen molar-refractivity contribution in [1.29, 1.82) is 0 Å². The molecule has 0 aliphatic heterocycles. The monoisotopic (exact) mass is 622 g/mol. The van der Waals surface area contributed by atoms with Gasteiger partial charge in [0.2, 0.25) is 17.7 Å². The molecule has 1 unspecified atom stereocenters. The lowest BCUT2D eigenvalue weighted by atomic mass is 10.0. The van der Waals surface area contributed by atoms with Crippen LogP contribution in [0.2, 0.25) is 0 Å². The van der Waals surface area contributed by atoms with Gasteiger partial charge in [-0.05, 0) is 72.1 Å². The van der Waals surface area contributed by atoms with E-state index in [1.165, 1.54) is 26.2 Å². The Kier molecular flexibility index (Phi) is 14.1.